The molecule has 1 N–H and O–H groups in total. The number of carbonyl (C=O) groups is 1. The van der Waals surface area contributed by atoms with Crippen molar-refractivity contribution in [2.45, 2.75) is 6.92 Å². The summed E-state index contributed by atoms with van der Waals surface area (Å²) in [6, 6.07) is 3.16. The number of pyridine rings is 1. The SMILES string of the molecule is CCNC(=O)c1cc(Cl)nc(-c2cn(C)nn2)c1. The van der Waals surface area contributed by atoms with Gasteiger partial charge in [0.2, 0.25) is 0 Å². The molecule has 94 valence electrons. The number of aromatic nitrogens is 4. The first-order valence-corrected chi connectivity index (χ1v) is 5.80. The Hall–Kier alpha value is -1.95. The number of aryl methyl sites for hydroxylation is 1. The smallest absolute Gasteiger partial charge is 0.251 e. The molecule has 0 bridgehead atoms. The minimum Gasteiger partial charge on any atom is -0.352 e. The van der Waals surface area contributed by atoms with E-state index in [4.69, 9.17) is 11.6 Å². The zero-order valence-electron chi connectivity index (χ0n) is 10.0. The van der Waals surface area contributed by atoms with Crippen LogP contribution in [0.4, 0.5) is 0 Å². The molecule has 0 spiro atoms. The number of nitrogens with zero attached hydrogens (tertiary/aromatic N) is 4. The number of rotatable bonds is 3. The van der Waals surface area contributed by atoms with Gasteiger partial charge in [0.15, 0.2) is 0 Å². The van der Waals surface area contributed by atoms with Crippen LogP contribution in [0, 0.1) is 0 Å². The normalized spacial score (nSPS) is 10.4. The number of nitrogens with one attached hydrogen (secondary N) is 1. The molecule has 2 heterocycles. The van der Waals surface area contributed by atoms with Crippen LogP contribution in [0.3, 0.4) is 0 Å². The van der Waals surface area contributed by atoms with E-state index >= 15 is 0 Å². The molecule has 2 rings (SSSR count). The Morgan fingerprint density at radius 1 is 1.44 bits per heavy atom. The highest BCUT2D eigenvalue weighted by Gasteiger charge is 2.11. The van der Waals surface area contributed by atoms with E-state index in [1.54, 1.807) is 24.0 Å². The number of hydrogen-bond acceptors (Lipinski definition) is 4. The molecular weight excluding hydrogens is 254 g/mol. The number of halogens is 1. The van der Waals surface area contributed by atoms with Crippen LogP contribution in [-0.2, 0) is 7.05 Å². The first-order valence-electron chi connectivity index (χ1n) is 5.42. The minimum atomic E-state index is -0.188. The lowest BCUT2D eigenvalue weighted by Gasteiger charge is -2.04. The van der Waals surface area contributed by atoms with Crippen LogP contribution in [0.1, 0.15) is 17.3 Å². The van der Waals surface area contributed by atoms with Gasteiger partial charge in [-0.15, -0.1) is 5.10 Å². The van der Waals surface area contributed by atoms with E-state index < -0.39 is 0 Å². The maximum absolute atomic E-state index is 11.7. The molecule has 1 amide bonds. The molecule has 0 aliphatic heterocycles. The lowest BCUT2D eigenvalue weighted by atomic mass is 10.2. The number of amides is 1. The summed E-state index contributed by atoms with van der Waals surface area (Å²) in [6.07, 6.45) is 1.71. The molecule has 18 heavy (non-hydrogen) atoms. The van der Waals surface area contributed by atoms with Crippen molar-refractivity contribution in [1.29, 1.82) is 0 Å². The van der Waals surface area contributed by atoms with Gasteiger partial charge in [-0.3, -0.25) is 9.48 Å². The van der Waals surface area contributed by atoms with Gasteiger partial charge in [0, 0.05) is 19.2 Å². The Bertz CT molecular complexity index is 581. The lowest BCUT2D eigenvalue weighted by molar-refractivity contribution is 0.0956. The third-order valence-corrected chi connectivity index (χ3v) is 2.45. The quantitative estimate of drug-likeness (QED) is 0.849. The van der Waals surface area contributed by atoms with Crippen LogP contribution < -0.4 is 5.32 Å². The molecule has 0 unspecified atom stereocenters. The van der Waals surface area contributed by atoms with E-state index in [1.165, 1.54) is 6.07 Å². The number of carbonyl (C=O) groups excluding carboxylic acids is 1. The summed E-state index contributed by atoms with van der Waals surface area (Å²) in [5.41, 5.74) is 1.56. The van der Waals surface area contributed by atoms with Crippen LogP contribution in [0.5, 0.6) is 0 Å². The second-order valence-corrected chi connectivity index (χ2v) is 4.09. The van der Waals surface area contributed by atoms with Gasteiger partial charge in [-0.1, -0.05) is 16.8 Å². The second kappa shape index (κ2) is 5.14. The molecule has 0 aromatic carbocycles. The Balaban J connectivity index is 2.41. The Labute approximate surface area is 109 Å². The molecule has 0 radical (unpaired) electrons. The summed E-state index contributed by atoms with van der Waals surface area (Å²) in [5.74, 6) is -0.188. The third kappa shape index (κ3) is 2.65. The predicted molar refractivity (Wildman–Crippen MR) is 67.3 cm³/mol. The van der Waals surface area contributed by atoms with Crippen molar-refractivity contribution in [1.82, 2.24) is 25.3 Å². The number of hydrogen-bond donors (Lipinski definition) is 1. The summed E-state index contributed by atoms with van der Waals surface area (Å²) >= 11 is 5.90. The van der Waals surface area contributed by atoms with Crippen molar-refractivity contribution < 1.29 is 4.79 Å². The molecule has 0 atom stereocenters. The third-order valence-electron chi connectivity index (χ3n) is 2.26. The fraction of sp³-hybridized carbons (Fsp3) is 0.273. The van der Waals surface area contributed by atoms with Crippen molar-refractivity contribution in [3.63, 3.8) is 0 Å². The van der Waals surface area contributed by atoms with Gasteiger partial charge in [0.05, 0.1) is 11.9 Å². The summed E-state index contributed by atoms with van der Waals surface area (Å²) < 4.78 is 1.56. The molecule has 0 saturated heterocycles. The van der Waals surface area contributed by atoms with Gasteiger partial charge >= 0.3 is 0 Å². The average molecular weight is 266 g/mol. The van der Waals surface area contributed by atoms with E-state index in [2.05, 4.69) is 20.6 Å². The van der Waals surface area contributed by atoms with Gasteiger partial charge in [-0.05, 0) is 19.1 Å². The second-order valence-electron chi connectivity index (χ2n) is 3.70. The van der Waals surface area contributed by atoms with Crippen LogP contribution in [0.15, 0.2) is 18.3 Å². The van der Waals surface area contributed by atoms with Gasteiger partial charge in [0.25, 0.3) is 5.91 Å². The zero-order valence-corrected chi connectivity index (χ0v) is 10.8. The molecule has 0 saturated carbocycles. The molecule has 0 fully saturated rings. The summed E-state index contributed by atoms with van der Waals surface area (Å²) in [7, 11) is 1.76. The monoisotopic (exact) mass is 265 g/mol. The van der Waals surface area contributed by atoms with Crippen LogP contribution in [0.2, 0.25) is 5.15 Å². The first kappa shape index (κ1) is 12.5. The molecule has 6 nitrogen and oxygen atoms in total. The molecule has 0 aliphatic carbocycles. The van der Waals surface area contributed by atoms with E-state index in [0.29, 0.717) is 23.5 Å². The highest BCUT2D eigenvalue weighted by molar-refractivity contribution is 6.29. The van der Waals surface area contributed by atoms with Crippen molar-refractivity contribution in [3.8, 4) is 11.4 Å². The van der Waals surface area contributed by atoms with Crippen LogP contribution in [-0.4, -0.2) is 32.4 Å². The van der Waals surface area contributed by atoms with E-state index in [1.807, 2.05) is 6.92 Å². The zero-order chi connectivity index (χ0) is 13.1. The fourth-order valence-electron chi connectivity index (χ4n) is 1.49. The largest absolute Gasteiger partial charge is 0.352 e. The fourth-order valence-corrected chi connectivity index (χ4v) is 1.70. The van der Waals surface area contributed by atoms with E-state index in [-0.39, 0.29) is 11.1 Å². The minimum absolute atomic E-state index is 0.188. The van der Waals surface area contributed by atoms with E-state index in [0.717, 1.165) is 0 Å². The van der Waals surface area contributed by atoms with Gasteiger partial charge in [0.1, 0.15) is 10.8 Å². The molecular formula is C11H12ClN5O. The predicted octanol–water partition coefficient (Wildman–Crippen LogP) is 1.28. The van der Waals surface area contributed by atoms with Crippen molar-refractivity contribution in [3.05, 3.63) is 29.0 Å². The van der Waals surface area contributed by atoms with Gasteiger partial charge in [-0.25, -0.2) is 4.98 Å². The summed E-state index contributed by atoms with van der Waals surface area (Å²) in [4.78, 5) is 15.9. The average Bonchev–Trinajstić information content (AvgIpc) is 2.75. The Kier molecular flexibility index (Phi) is 3.57. The molecule has 0 aliphatic rings. The standard InChI is InChI=1S/C11H12ClN5O/c1-3-13-11(18)7-4-8(14-10(12)5-7)9-6-17(2)16-15-9/h4-6H,3H2,1-2H3,(H,13,18). The van der Waals surface area contributed by atoms with Crippen molar-refractivity contribution in [2.75, 3.05) is 6.54 Å². The van der Waals surface area contributed by atoms with Crippen LogP contribution >= 0.6 is 11.6 Å². The van der Waals surface area contributed by atoms with E-state index in [9.17, 15) is 4.79 Å². The Morgan fingerprint density at radius 3 is 2.83 bits per heavy atom. The molecule has 2 aromatic rings. The maximum Gasteiger partial charge on any atom is 0.251 e. The lowest BCUT2D eigenvalue weighted by Crippen LogP contribution is -2.22. The van der Waals surface area contributed by atoms with Gasteiger partial charge < -0.3 is 5.32 Å². The summed E-state index contributed by atoms with van der Waals surface area (Å²) in [5, 5.41) is 10.7. The molecule has 2 aromatic heterocycles. The van der Waals surface area contributed by atoms with Gasteiger partial charge in [-0.2, -0.15) is 0 Å². The Morgan fingerprint density at radius 2 is 2.22 bits per heavy atom. The van der Waals surface area contributed by atoms with Crippen molar-refractivity contribution in [2.24, 2.45) is 7.05 Å². The molecule has 7 heteroatoms. The summed E-state index contributed by atoms with van der Waals surface area (Å²) in [6.45, 7) is 2.41. The maximum atomic E-state index is 11.7. The topological polar surface area (TPSA) is 72.7 Å². The first-order chi connectivity index (χ1) is 8.60. The highest BCUT2D eigenvalue weighted by atomic mass is 35.5. The highest BCUT2D eigenvalue weighted by Crippen LogP contribution is 2.19. The van der Waals surface area contributed by atoms with Crippen LogP contribution in [0.25, 0.3) is 11.4 Å². The van der Waals surface area contributed by atoms with Crippen molar-refractivity contribution >= 4 is 17.5 Å².